The molecule has 3 nitrogen and oxygen atoms in total. The maximum absolute atomic E-state index is 12.4. The number of unbranched alkanes of at least 4 members (excludes halogenated alkanes) is 1. The zero-order chi connectivity index (χ0) is 15.3. The van der Waals surface area contributed by atoms with Gasteiger partial charge in [-0.2, -0.15) is 0 Å². The molecule has 0 amide bonds. The van der Waals surface area contributed by atoms with Crippen molar-refractivity contribution in [1.82, 2.24) is 0 Å². The summed E-state index contributed by atoms with van der Waals surface area (Å²) in [4.78, 5) is 12.4. The first kappa shape index (κ1) is 18.4. The van der Waals surface area contributed by atoms with Crippen molar-refractivity contribution in [3.05, 3.63) is 0 Å². The van der Waals surface area contributed by atoms with E-state index in [1.54, 1.807) is 0 Å². The minimum Gasteiger partial charge on any atom is -0.465 e. The summed E-state index contributed by atoms with van der Waals surface area (Å²) in [6.07, 6.45) is 1.41. The third kappa shape index (κ3) is 6.42. The largest absolute Gasteiger partial charge is 0.465 e. The summed E-state index contributed by atoms with van der Waals surface area (Å²) in [5.74, 6) is 0.0346. The van der Waals surface area contributed by atoms with Gasteiger partial charge in [0.05, 0.1) is 12.5 Å². The number of hydrogen-bond donors (Lipinski definition) is 1. The molecule has 0 bridgehead atoms. The van der Waals surface area contributed by atoms with Crippen molar-refractivity contribution in [2.75, 3.05) is 13.2 Å². The summed E-state index contributed by atoms with van der Waals surface area (Å²) in [6, 6.07) is 0. The molecule has 3 heteroatoms. The van der Waals surface area contributed by atoms with Gasteiger partial charge in [0, 0.05) is 6.61 Å². The summed E-state index contributed by atoms with van der Waals surface area (Å²) >= 11 is 0. The van der Waals surface area contributed by atoms with Gasteiger partial charge in [-0.3, -0.25) is 4.79 Å². The standard InChI is InChI=1S/C16H32O3/c1-12(15(2,3)4)13(16(5,6)7)14(18)19-11-9-8-10-17/h12-13,17H,8-11H2,1-7H3. The molecule has 2 unspecified atom stereocenters. The van der Waals surface area contributed by atoms with Gasteiger partial charge in [-0.05, 0) is 29.6 Å². The molecule has 0 spiro atoms. The Labute approximate surface area is 118 Å². The molecule has 0 saturated heterocycles. The van der Waals surface area contributed by atoms with Crippen LogP contribution in [0.4, 0.5) is 0 Å². The van der Waals surface area contributed by atoms with E-state index < -0.39 is 0 Å². The molecule has 0 aromatic heterocycles. The first-order valence-corrected chi connectivity index (χ1v) is 7.29. The molecule has 114 valence electrons. The number of carbonyl (C=O) groups excluding carboxylic acids is 1. The van der Waals surface area contributed by atoms with Crippen LogP contribution in [-0.2, 0) is 9.53 Å². The fourth-order valence-corrected chi connectivity index (χ4v) is 2.28. The quantitative estimate of drug-likeness (QED) is 0.593. The molecule has 19 heavy (non-hydrogen) atoms. The topological polar surface area (TPSA) is 46.5 Å². The molecule has 0 aliphatic carbocycles. The highest BCUT2D eigenvalue weighted by Crippen LogP contribution is 2.41. The Balaban J connectivity index is 4.74. The summed E-state index contributed by atoms with van der Waals surface area (Å²) in [7, 11) is 0. The molecule has 0 aliphatic heterocycles. The SMILES string of the molecule is CC(C(C(=O)OCCCCO)C(C)(C)C)C(C)(C)C. The lowest BCUT2D eigenvalue weighted by atomic mass is 9.65. The number of aliphatic hydroxyl groups excluding tert-OH is 1. The second-order valence-electron chi connectivity index (χ2n) is 7.60. The van der Waals surface area contributed by atoms with E-state index in [0.717, 1.165) is 6.42 Å². The summed E-state index contributed by atoms with van der Waals surface area (Å²) in [6.45, 7) is 15.4. The Bertz CT molecular complexity index is 271. The van der Waals surface area contributed by atoms with Gasteiger partial charge in [-0.1, -0.05) is 48.5 Å². The number of rotatable bonds is 6. The molecule has 0 saturated carbocycles. The maximum Gasteiger partial charge on any atom is 0.309 e. The molecule has 0 aliphatic rings. The fourth-order valence-electron chi connectivity index (χ4n) is 2.28. The van der Waals surface area contributed by atoms with E-state index >= 15 is 0 Å². The van der Waals surface area contributed by atoms with Crippen molar-refractivity contribution < 1.29 is 14.6 Å². The van der Waals surface area contributed by atoms with Gasteiger partial charge in [0.25, 0.3) is 0 Å². The summed E-state index contributed by atoms with van der Waals surface area (Å²) in [5, 5.41) is 8.72. The monoisotopic (exact) mass is 272 g/mol. The third-order valence-corrected chi connectivity index (χ3v) is 3.85. The average Bonchev–Trinajstić information content (AvgIpc) is 2.21. The predicted octanol–water partition coefficient (Wildman–Crippen LogP) is 3.65. The van der Waals surface area contributed by atoms with Crippen LogP contribution in [-0.4, -0.2) is 24.3 Å². The summed E-state index contributed by atoms with van der Waals surface area (Å²) in [5.41, 5.74) is -0.0389. The van der Waals surface area contributed by atoms with Gasteiger partial charge in [-0.15, -0.1) is 0 Å². The number of ether oxygens (including phenoxy) is 1. The van der Waals surface area contributed by atoms with Crippen molar-refractivity contribution in [2.24, 2.45) is 22.7 Å². The Hall–Kier alpha value is -0.570. The molecule has 1 N–H and O–H groups in total. The minimum absolute atomic E-state index is 0.0715. The smallest absolute Gasteiger partial charge is 0.309 e. The lowest BCUT2D eigenvalue weighted by molar-refractivity contribution is -0.157. The number of aliphatic hydroxyl groups is 1. The zero-order valence-electron chi connectivity index (χ0n) is 13.7. The Kier molecular flexibility index (Phi) is 7.06. The molecule has 0 radical (unpaired) electrons. The first-order chi connectivity index (χ1) is 8.51. The van der Waals surface area contributed by atoms with E-state index in [9.17, 15) is 4.79 Å². The van der Waals surface area contributed by atoms with Crippen molar-refractivity contribution in [3.63, 3.8) is 0 Å². The zero-order valence-corrected chi connectivity index (χ0v) is 13.7. The van der Waals surface area contributed by atoms with Crippen LogP contribution in [0.15, 0.2) is 0 Å². The van der Waals surface area contributed by atoms with Gasteiger partial charge in [0.1, 0.15) is 0 Å². The van der Waals surface area contributed by atoms with E-state index in [4.69, 9.17) is 9.84 Å². The van der Waals surface area contributed by atoms with Gasteiger partial charge in [-0.25, -0.2) is 0 Å². The molecule has 0 fully saturated rings. The fraction of sp³-hybridized carbons (Fsp3) is 0.938. The van der Waals surface area contributed by atoms with Gasteiger partial charge in [0.2, 0.25) is 0 Å². The van der Waals surface area contributed by atoms with Gasteiger partial charge < -0.3 is 9.84 Å². The van der Waals surface area contributed by atoms with E-state index in [1.165, 1.54) is 0 Å². The number of esters is 1. The first-order valence-electron chi connectivity index (χ1n) is 7.29. The summed E-state index contributed by atoms with van der Waals surface area (Å²) < 4.78 is 5.40. The average molecular weight is 272 g/mol. The van der Waals surface area contributed by atoms with Crippen LogP contribution in [0.3, 0.4) is 0 Å². The Morgan fingerprint density at radius 3 is 1.95 bits per heavy atom. The van der Waals surface area contributed by atoms with Crippen LogP contribution in [0.1, 0.15) is 61.3 Å². The predicted molar refractivity (Wildman–Crippen MR) is 78.8 cm³/mol. The van der Waals surface area contributed by atoms with E-state index in [2.05, 4.69) is 48.5 Å². The Morgan fingerprint density at radius 2 is 1.58 bits per heavy atom. The van der Waals surface area contributed by atoms with E-state index in [-0.39, 0.29) is 35.2 Å². The molecule has 2 atom stereocenters. The van der Waals surface area contributed by atoms with Crippen molar-refractivity contribution in [2.45, 2.75) is 61.3 Å². The van der Waals surface area contributed by atoms with Crippen molar-refractivity contribution in [1.29, 1.82) is 0 Å². The third-order valence-electron chi connectivity index (χ3n) is 3.85. The van der Waals surface area contributed by atoms with Crippen LogP contribution >= 0.6 is 0 Å². The van der Waals surface area contributed by atoms with Gasteiger partial charge >= 0.3 is 5.97 Å². The highest BCUT2D eigenvalue weighted by Gasteiger charge is 2.41. The highest BCUT2D eigenvalue weighted by atomic mass is 16.5. The minimum atomic E-state index is -0.110. The Morgan fingerprint density at radius 1 is 1.05 bits per heavy atom. The second kappa shape index (κ2) is 7.28. The normalized spacial score (nSPS) is 16.0. The van der Waals surface area contributed by atoms with E-state index in [0.29, 0.717) is 13.0 Å². The lowest BCUT2D eigenvalue weighted by Gasteiger charge is -2.40. The molecule has 0 aromatic rings. The van der Waals surface area contributed by atoms with Crippen LogP contribution in [0.5, 0.6) is 0 Å². The second-order valence-corrected chi connectivity index (χ2v) is 7.60. The lowest BCUT2D eigenvalue weighted by Crippen LogP contribution is -2.40. The van der Waals surface area contributed by atoms with Gasteiger partial charge in [0.15, 0.2) is 0 Å². The van der Waals surface area contributed by atoms with Crippen molar-refractivity contribution >= 4 is 5.97 Å². The maximum atomic E-state index is 12.4. The number of hydrogen-bond acceptors (Lipinski definition) is 3. The molecule has 0 aromatic carbocycles. The molecular weight excluding hydrogens is 240 g/mol. The van der Waals surface area contributed by atoms with Crippen LogP contribution in [0.2, 0.25) is 0 Å². The highest BCUT2D eigenvalue weighted by molar-refractivity contribution is 5.73. The van der Waals surface area contributed by atoms with Crippen LogP contribution in [0, 0.1) is 22.7 Å². The number of carbonyl (C=O) groups is 1. The van der Waals surface area contributed by atoms with E-state index in [1.807, 2.05) is 0 Å². The van der Waals surface area contributed by atoms with Crippen molar-refractivity contribution in [3.8, 4) is 0 Å². The molecule has 0 heterocycles. The van der Waals surface area contributed by atoms with Crippen LogP contribution in [0.25, 0.3) is 0 Å². The van der Waals surface area contributed by atoms with Crippen LogP contribution < -0.4 is 0 Å². The molecular formula is C16H32O3. The molecule has 0 rings (SSSR count).